The van der Waals surface area contributed by atoms with Gasteiger partial charge in [0.2, 0.25) is 5.96 Å². The van der Waals surface area contributed by atoms with Gasteiger partial charge in [0.15, 0.2) is 0 Å². The number of hydrogen-bond donors (Lipinski definition) is 2. The zero-order valence-electron chi connectivity index (χ0n) is 17.0. The Morgan fingerprint density at radius 1 is 1.28 bits per heavy atom. The lowest BCUT2D eigenvalue weighted by molar-refractivity contribution is 0.0975. The number of ether oxygens (including phenoxy) is 1. The Labute approximate surface area is 176 Å². The lowest BCUT2D eigenvalue weighted by Gasteiger charge is -2.16. The summed E-state index contributed by atoms with van der Waals surface area (Å²) in [5.74, 6) is 0.171. The van der Waals surface area contributed by atoms with Gasteiger partial charge in [0.1, 0.15) is 0 Å². The van der Waals surface area contributed by atoms with E-state index in [1.165, 1.54) is 0 Å². The molecule has 2 aromatic carbocycles. The first kappa shape index (κ1) is 21.1. The van der Waals surface area contributed by atoms with Crippen molar-refractivity contribution in [1.82, 2.24) is 5.32 Å². The smallest absolute Gasteiger partial charge is 0.258 e. The highest BCUT2D eigenvalue weighted by atomic mass is 35.5. The van der Waals surface area contributed by atoms with Crippen molar-refractivity contribution in [3.8, 4) is 0 Å². The molecule has 0 aromatic heterocycles. The summed E-state index contributed by atoms with van der Waals surface area (Å²) >= 11 is 6.06. The summed E-state index contributed by atoms with van der Waals surface area (Å²) in [6.45, 7) is 3.21. The first-order valence-corrected chi connectivity index (χ1v) is 10.1. The largest absolute Gasteiger partial charge is 0.378 e. The standard InChI is InChI=1S/C22H27ClN4O2/c1-15-12-17(23)9-10-20(15)25-22(24-14-19-8-5-11-29-19)26-21(28)16-6-4-7-18(13-16)27(2)3/h4,6-7,9-10,12-13,19H,5,8,11,14H2,1-3H3,(H2,24,25,26,28)/t19-/m1/s1. The number of guanidine groups is 1. The highest BCUT2D eigenvalue weighted by Crippen LogP contribution is 2.20. The summed E-state index contributed by atoms with van der Waals surface area (Å²) in [4.78, 5) is 19.4. The monoisotopic (exact) mass is 414 g/mol. The minimum Gasteiger partial charge on any atom is -0.378 e. The van der Waals surface area contributed by atoms with Crippen LogP contribution in [0.2, 0.25) is 5.02 Å². The molecule has 1 aliphatic heterocycles. The van der Waals surface area contributed by atoms with Crippen LogP contribution in [-0.2, 0) is 4.74 Å². The second kappa shape index (κ2) is 9.76. The van der Waals surface area contributed by atoms with Gasteiger partial charge in [-0.05, 0) is 61.7 Å². The van der Waals surface area contributed by atoms with Crippen molar-refractivity contribution >= 4 is 34.8 Å². The van der Waals surface area contributed by atoms with Gasteiger partial charge < -0.3 is 15.0 Å². The molecule has 7 heteroatoms. The third-order valence-corrected chi connectivity index (χ3v) is 5.01. The van der Waals surface area contributed by atoms with E-state index in [0.717, 1.165) is 36.4 Å². The van der Waals surface area contributed by atoms with Crippen molar-refractivity contribution in [3.05, 3.63) is 58.6 Å². The number of carbonyl (C=O) groups excluding carboxylic acids is 1. The fourth-order valence-electron chi connectivity index (χ4n) is 3.09. The fraction of sp³-hybridized carbons (Fsp3) is 0.364. The van der Waals surface area contributed by atoms with Crippen LogP contribution in [0.1, 0.15) is 28.8 Å². The number of benzene rings is 2. The number of nitrogens with one attached hydrogen (secondary N) is 2. The fourth-order valence-corrected chi connectivity index (χ4v) is 3.32. The number of nitrogens with zero attached hydrogens (tertiary/aromatic N) is 2. The molecule has 0 unspecified atom stereocenters. The van der Waals surface area contributed by atoms with E-state index >= 15 is 0 Å². The van der Waals surface area contributed by atoms with Crippen LogP contribution in [-0.4, -0.2) is 45.2 Å². The first-order valence-electron chi connectivity index (χ1n) is 9.70. The highest BCUT2D eigenvalue weighted by Gasteiger charge is 2.16. The van der Waals surface area contributed by atoms with Gasteiger partial charge in [-0.2, -0.15) is 0 Å². The third kappa shape index (κ3) is 5.95. The minimum absolute atomic E-state index is 0.0899. The van der Waals surface area contributed by atoms with Crippen LogP contribution >= 0.6 is 11.6 Å². The molecule has 154 valence electrons. The zero-order chi connectivity index (χ0) is 20.8. The molecule has 2 aromatic rings. The number of amides is 1. The molecule has 1 fully saturated rings. The number of halogens is 1. The molecule has 29 heavy (non-hydrogen) atoms. The summed E-state index contributed by atoms with van der Waals surface area (Å²) in [7, 11) is 3.88. The van der Waals surface area contributed by atoms with Gasteiger partial charge in [-0.15, -0.1) is 0 Å². The summed E-state index contributed by atoms with van der Waals surface area (Å²) in [5, 5.41) is 6.80. The molecule has 0 spiro atoms. The van der Waals surface area contributed by atoms with Crippen molar-refractivity contribution in [3.63, 3.8) is 0 Å². The van der Waals surface area contributed by atoms with E-state index in [2.05, 4.69) is 15.6 Å². The highest BCUT2D eigenvalue weighted by molar-refractivity contribution is 6.30. The predicted molar refractivity (Wildman–Crippen MR) is 119 cm³/mol. The Bertz CT molecular complexity index is 892. The van der Waals surface area contributed by atoms with E-state index in [1.807, 2.05) is 56.3 Å². The number of aryl methyl sites for hydroxylation is 1. The maximum absolute atomic E-state index is 12.9. The second-order valence-corrected chi connectivity index (χ2v) is 7.74. The number of hydrogen-bond acceptors (Lipinski definition) is 4. The molecular weight excluding hydrogens is 388 g/mol. The Kier molecular flexibility index (Phi) is 7.12. The lowest BCUT2D eigenvalue weighted by atomic mass is 10.2. The van der Waals surface area contributed by atoms with Crippen LogP contribution in [0.15, 0.2) is 47.5 Å². The summed E-state index contributed by atoms with van der Waals surface area (Å²) in [6.07, 6.45) is 2.12. The summed E-state index contributed by atoms with van der Waals surface area (Å²) < 4.78 is 5.65. The molecule has 1 saturated heterocycles. The minimum atomic E-state index is -0.223. The topological polar surface area (TPSA) is 66.0 Å². The predicted octanol–water partition coefficient (Wildman–Crippen LogP) is 4.09. The van der Waals surface area contributed by atoms with Crippen molar-refractivity contribution in [2.24, 2.45) is 4.99 Å². The molecule has 6 nitrogen and oxygen atoms in total. The molecule has 0 radical (unpaired) electrons. The zero-order valence-corrected chi connectivity index (χ0v) is 17.8. The van der Waals surface area contributed by atoms with Crippen molar-refractivity contribution in [2.75, 3.05) is 37.5 Å². The van der Waals surface area contributed by atoms with E-state index in [9.17, 15) is 4.79 Å². The Morgan fingerprint density at radius 2 is 2.10 bits per heavy atom. The van der Waals surface area contributed by atoms with Gasteiger partial charge in [-0.25, -0.2) is 4.99 Å². The van der Waals surface area contributed by atoms with Crippen molar-refractivity contribution in [2.45, 2.75) is 25.9 Å². The maximum atomic E-state index is 12.9. The summed E-state index contributed by atoms with van der Waals surface area (Å²) in [5.41, 5.74) is 3.32. The molecule has 2 N–H and O–H groups in total. The first-order chi connectivity index (χ1) is 13.9. The van der Waals surface area contributed by atoms with Gasteiger partial charge in [0, 0.05) is 42.7 Å². The molecular formula is C22H27ClN4O2. The van der Waals surface area contributed by atoms with Gasteiger partial charge in [0.25, 0.3) is 5.91 Å². The molecule has 1 heterocycles. The van der Waals surface area contributed by atoms with Gasteiger partial charge in [-0.1, -0.05) is 17.7 Å². The SMILES string of the molecule is Cc1cc(Cl)ccc1NC(=NC[C@H]1CCCO1)NC(=O)c1cccc(N(C)C)c1. The number of carbonyl (C=O) groups is 1. The molecule has 3 rings (SSSR count). The summed E-state index contributed by atoms with van der Waals surface area (Å²) in [6, 6.07) is 13.0. The Morgan fingerprint density at radius 3 is 2.79 bits per heavy atom. The van der Waals surface area contributed by atoms with Crippen LogP contribution in [0, 0.1) is 6.92 Å². The van der Waals surface area contributed by atoms with E-state index in [4.69, 9.17) is 16.3 Å². The molecule has 0 saturated carbocycles. The van der Waals surface area contributed by atoms with Crippen molar-refractivity contribution in [1.29, 1.82) is 0 Å². The average molecular weight is 415 g/mol. The number of anilines is 2. The van der Waals surface area contributed by atoms with Crippen LogP contribution in [0.25, 0.3) is 0 Å². The quantitative estimate of drug-likeness (QED) is 0.571. The molecule has 1 aliphatic rings. The van der Waals surface area contributed by atoms with Gasteiger partial charge in [-0.3, -0.25) is 10.1 Å². The average Bonchev–Trinajstić information content (AvgIpc) is 3.22. The molecule has 1 atom stereocenters. The van der Waals surface area contributed by atoms with Gasteiger partial charge >= 0.3 is 0 Å². The molecule has 0 bridgehead atoms. The van der Waals surface area contributed by atoms with E-state index in [0.29, 0.717) is 23.1 Å². The number of aliphatic imine (C=N–C) groups is 1. The molecule has 1 amide bonds. The normalized spacial score (nSPS) is 16.6. The maximum Gasteiger partial charge on any atom is 0.258 e. The van der Waals surface area contributed by atoms with Crippen molar-refractivity contribution < 1.29 is 9.53 Å². The van der Waals surface area contributed by atoms with E-state index in [-0.39, 0.29) is 12.0 Å². The van der Waals surface area contributed by atoms with E-state index < -0.39 is 0 Å². The van der Waals surface area contributed by atoms with Crippen LogP contribution in [0.4, 0.5) is 11.4 Å². The Balaban J connectivity index is 1.79. The lowest BCUT2D eigenvalue weighted by Crippen LogP contribution is -2.37. The van der Waals surface area contributed by atoms with Crippen LogP contribution in [0.3, 0.4) is 0 Å². The van der Waals surface area contributed by atoms with Crippen LogP contribution in [0.5, 0.6) is 0 Å². The molecule has 0 aliphatic carbocycles. The second-order valence-electron chi connectivity index (χ2n) is 7.31. The van der Waals surface area contributed by atoms with E-state index in [1.54, 1.807) is 12.1 Å². The third-order valence-electron chi connectivity index (χ3n) is 4.78. The van der Waals surface area contributed by atoms with Crippen LogP contribution < -0.4 is 15.5 Å². The van der Waals surface area contributed by atoms with Gasteiger partial charge in [0.05, 0.1) is 12.6 Å². The Hall–Kier alpha value is -2.57. The number of rotatable bonds is 5.